The molecule has 0 radical (unpaired) electrons. The number of ketones is 1. The highest BCUT2D eigenvalue weighted by atomic mass is 32.2. The fourth-order valence-electron chi connectivity index (χ4n) is 7.47. The van der Waals surface area contributed by atoms with Crippen molar-refractivity contribution in [2.75, 3.05) is 13.1 Å². The first kappa shape index (κ1) is 23.0. The summed E-state index contributed by atoms with van der Waals surface area (Å²) < 4.78 is 38.1. The van der Waals surface area contributed by atoms with Gasteiger partial charge in [-0.25, -0.2) is 8.42 Å². The average Bonchev–Trinajstić information content (AvgIpc) is 3.11. The van der Waals surface area contributed by atoms with Gasteiger partial charge < -0.3 is 9.26 Å². The summed E-state index contributed by atoms with van der Waals surface area (Å²) in [6.07, 6.45) is 6.66. The minimum atomic E-state index is -3.72. The number of aromatic nitrogens is 1. The Morgan fingerprint density at radius 1 is 1.06 bits per heavy atom. The lowest BCUT2D eigenvalue weighted by Gasteiger charge is -2.56. The Morgan fingerprint density at radius 3 is 2.09 bits per heavy atom. The molecule has 1 aromatic rings. The number of ether oxygens (including phenoxy) is 1. The normalized spacial score (nSPS) is 33.2. The van der Waals surface area contributed by atoms with Gasteiger partial charge in [0, 0.05) is 18.5 Å². The van der Waals surface area contributed by atoms with Crippen LogP contribution in [-0.2, 0) is 24.3 Å². The maximum atomic E-state index is 13.4. The molecule has 5 aliphatic rings. The number of sulfonamides is 1. The van der Waals surface area contributed by atoms with Crippen molar-refractivity contribution >= 4 is 21.8 Å². The first-order valence-corrected chi connectivity index (χ1v) is 13.7. The van der Waals surface area contributed by atoms with Crippen molar-refractivity contribution in [2.24, 2.45) is 29.1 Å². The molecule has 0 aromatic carbocycles. The SMILES string of the molecule is Cc1noc(C)c1S(=O)(=O)N1CCC(C(=O)O[C@H](C)C(=O)C23CC4CC(CC(C4)C2)C3)CC1. The Morgan fingerprint density at radius 2 is 1.61 bits per heavy atom. The van der Waals surface area contributed by atoms with Crippen LogP contribution in [0.2, 0.25) is 0 Å². The molecule has 2 heterocycles. The number of aryl methyl sites for hydroxylation is 2. The van der Waals surface area contributed by atoms with Crippen LogP contribution < -0.4 is 0 Å². The van der Waals surface area contributed by atoms with Gasteiger partial charge in [-0.1, -0.05) is 5.16 Å². The summed E-state index contributed by atoms with van der Waals surface area (Å²) in [5.41, 5.74) is 0.0475. The van der Waals surface area contributed by atoms with Crippen LogP contribution >= 0.6 is 0 Å². The summed E-state index contributed by atoms with van der Waals surface area (Å²) >= 11 is 0. The molecular formula is C24H34N2O6S. The van der Waals surface area contributed by atoms with Gasteiger partial charge in [0.2, 0.25) is 10.0 Å². The summed E-state index contributed by atoms with van der Waals surface area (Å²) in [4.78, 5) is 26.4. The molecule has 0 amide bonds. The van der Waals surface area contributed by atoms with Gasteiger partial charge >= 0.3 is 5.97 Å². The van der Waals surface area contributed by atoms with Crippen molar-refractivity contribution in [1.82, 2.24) is 9.46 Å². The van der Waals surface area contributed by atoms with Crippen molar-refractivity contribution < 1.29 is 27.3 Å². The zero-order valence-corrected chi connectivity index (χ0v) is 20.5. The van der Waals surface area contributed by atoms with Crippen LogP contribution in [0.3, 0.4) is 0 Å². The molecule has 0 N–H and O–H groups in total. The smallest absolute Gasteiger partial charge is 0.309 e. The van der Waals surface area contributed by atoms with Crippen LogP contribution in [0, 0.1) is 42.9 Å². The van der Waals surface area contributed by atoms with Gasteiger partial charge in [0.1, 0.15) is 10.6 Å². The molecule has 33 heavy (non-hydrogen) atoms. The number of piperidine rings is 1. The van der Waals surface area contributed by atoms with Gasteiger partial charge in [0.15, 0.2) is 17.6 Å². The van der Waals surface area contributed by atoms with E-state index < -0.39 is 22.0 Å². The Balaban J connectivity index is 1.18. The summed E-state index contributed by atoms with van der Waals surface area (Å²) in [5.74, 6) is 1.58. The highest BCUT2D eigenvalue weighted by Gasteiger charge is 2.55. The molecule has 1 saturated heterocycles. The number of hydrogen-bond acceptors (Lipinski definition) is 7. The lowest BCUT2D eigenvalue weighted by atomic mass is 9.48. The van der Waals surface area contributed by atoms with E-state index in [2.05, 4.69) is 5.16 Å². The number of carbonyl (C=O) groups is 2. The summed E-state index contributed by atoms with van der Waals surface area (Å²) in [7, 11) is -3.72. The van der Waals surface area contributed by atoms with E-state index in [4.69, 9.17) is 9.26 Å². The molecule has 8 nitrogen and oxygen atoms in total. The molecule has 4 aliphatic carbocycles. The minimum Gasteiger partial charge on any atom is -0.454 e. The first-order chi connectivity index (χ1) is 15.6. The molecule has 4 bridgehead atoms. The molecule has 182 valence electrons. The largest absolute Gasteiger partial charge is 0.454 e. The van der Waals surface area contributed by atoms with Crippen molar-refractivity contribution in [1.29, 1.82) is 0 Å². The third kappa shape index (κ3) is 3.95. The number of nitrogens with zero attached hydrogens (tertiary/aromatic N) is 2. The van der Waals surface area contributed by atoms with E-state index in [1.807, 2.05) is 0 Å². The lowest BCUT2D eigenvalue weighted by Crippen LogP contribution is -2.53. The van der Waals surface area contributed by atoms with E-state index in [1.165, 1.54) is 23.6 Å². The quantitative estimate of drug-likeness (QED) is 0.577. The number of carbonyl (C=O) groups excluding carboxylic acids is 2. The number of rotatable bonds is 6. The van der Waals surface area contributed by atoms with Gasteiger partial charge in [0.05, 0.1) is 5.92 Å². The topological polar surface area (TPSA) is 107 Å². The van der Waals surface area contributed by atoms with Crippen LogP contribution in [0.15, 0.2) is 9.42 Å². The van der Waals surface area contributed by atoms with Crippen LogP contribution in [-0.4, -0.2) is 48.8 Å². The average molecular weight is 479 g/mol. The van der Waals surface area contributed by atoms with Gasteiger partial charge in [-0.15, -0.1) is 0 Å². The van der Waals surface area contributed by atoms with Crippen molar-refractivity contribution in [3.63, 3.8) is 0 Å². The van der Waals surface area contributed by atoms with Crippen molar-refractivity contribution in [2.45, 2.75) is 83.1 Å². The van der Waals surface area contributed by atoms with E-state index in [-0.39, 0.29) is 40.9 Å². The zero-order chi connectivity index (χ0) is 23.5. The van der Waals surface area contributed by atoms with E-state index in [0.29, 0.717) is 36.3 Å². The lowest BCUT2D eigenvalue weighted by molar-refractivity contribution is -0.168. The maximum absolute atomic E-state index is 13.4. The standard InChI is InChI=1S/C24H34N2O6S/c1-14-21(15(2)32-25-14)33(29,30)26-6-4-20(5-7-26)23(28)31-16(3)22(27)24-11-17-8-18(12-24)10-19(9-17)13-24/h16-20H,4-13H2,1-3H3/t16-,17?,18?,19?,24?/m1/s1. The van der Waals surface area contributed by atoms with E-state index >= 15 is 0 Å². The second-order valence-electron chi connectivity index (χ2n) is 11.0. The second kappa shape index (κ2) is 8.18. The summed E-state index contributed by atoms with van der Waals surface area (Å²) in [6.45, 7) is 5.36. The molecule has 0 unspecified atom stereocenters. The predicted molar refractivity (Wildman–Crippen MR) is 119 cm³/mol. The first-order valence-electron chi connectivity index (χ1n) is 12.3. The number of esters is 1. The van der Waals surface area contributed by atoms with E-state index in [9.17, 15) is 18.0 Å². The van der Waals surface area contributed by atoms with E-state index in [0.717, 1.165) is 19.3 Å². The second-order valence-corrected chi connectivity index (χ2v) is 12.8. The fourth-order valence-corrected chi connectivity index (χ4v) is 9.23. The Labute approximate surface area is 195 Å². The number of Topliss-reactive ketones (excluding diaryl/α,β-unsaturated/α-hetero) is 1. The Bertz CT molecular complexity index is 998. The zero-order valence-electron chi connectivity index (χ0n) is 19.7. The molecule has 4 saturated carbocycles. The predicted octanol–water partition coefficient (Wildman–Crippen LogP) is 3.41. The monoisotopic (exact) mass is 478 g/mol. The third-order valence-corrected chi connectivity index (χ3v) is 10.7. The minimum absolute atomic E-state index is 0.105. The summed E-state index contributed by atoms with van der Waals surface area (Å²) in [5, 5.41) is 3.75. The molecule has 1 atom stereocenters. The third-order valence-electron chi connectivity index (χ3n) is 8.58. The molecular weight excluding hydrogens is 444 g/mol. The number of hydrogen-bond donors (Lipinski definition) is 0. The van der Waals surface area contributed by atoms with Gasteiger partial charge in [-0.2, -0.15) is 4.31 Å². The van der Waals surface area contributed by atoms with Crippen LogP contribution in [0.5, 0.6) is 0 Å². The van der Waals surface area contributed by atoms with Gasteiger partial charge in [0.25, 0.3) is 0 Å². The molecule has 9 heteroatoms. The van der Waals surface area contributed by atoms with Crippen LogP contribution in [0.25, 0.3) is 0 Å². The van der Waals surface area contributed by atoms with Gasteiger partial charge in [-0.05, 0) is 89.9 Å². The fraction of sp³-hybridized carbons (Fsp3) is 0.792. The highest BCUT2D eigenvalue weighted by molar-refractivity contribution is 7.89. The Kier molecular flexibility index (Phi) is 5.71. The highest BCUT2D eigenvalue weighted by Crippen LogP contribution is 2.60. The van der Waals surface area contributed by atoms with Crippen LogP contribution in [0.1, 0.15) is 69.7 Å². The molecule has 1 aromatic heterocycles. The molecule has 6 rings (SSSR count). The molecule has 5 fully saturated rings. The van der Waals surface area contributed by atoms with Crippen LogP contribution in [0.4, 0.5) is 0 Å². The van der Waals surface area contributed by atoms with Crippen molar-refractivity contribution in [3.8, 4) is 0 Å². The van der Waals surface area contributed by atoms with E-state index in [1.54, 1.807) is 20.8 Å². The molecule has 0 spiro atoms. The summed E-state index contributed by atoms with van der Waals surface area (Å²) in [6, 6.07) is 0. The molecule has 1 aliphatic heterocycles. The Hall–Kier alpha value is -1.74. The van der Waals surface area contributed by atoms with Gasteiger partial charge in [-0.3, -0.25) is 9.59 Å². The van der Waals surface area contributed by atoms with Crippen molar-refractivity contribution in [3.05, 3.63) is 11.5 Å². The maximum Gasteiger partial charge on any atom is 0.309 e.